The van der Waals surface area contributed by atoms with Crippen LogP contribution in [0.3, 0.4) is 0 Å². The van der Waals surface area contributed by atoms with Crippen LogP contribution in [-0.2, 0) is 15.8 Å². The van der Waals surface area contributed by atoms with Crippen molar-refractivity contribution in [1.82, 2.24) is 4.72 Å². The van der Waals surface area contributed by atoms with Crippen molar-refractivity contribution in [1.29, 1.82) is 5.26 Å². The Balaban J connectivity index is 1.89. The van der Waals surface area contributed by atoms with Crippen molar-refractivity contribution >= 4 is 10.0 Å². The van der Waals surface area contributed by atoms with Gasteiger partial charge in [-0.1, -0.05) is 30.3 Å². The third-order valence-electron chi connectivity index (χ3n) is 3.08. The van der Waals surface area contributed by atoms with Crippen LogP contribution in [0, 0.1) is 11.3 Å². The first kappa shape index (κ1) is 17.0. The number of nitrogens with one attached hydrogen (secondary N) is 1. The molecule has 6 heteroatoms. The molecule has 0 aliphatic rings. The van der Waals surface area contributed by atoms with Crippen LogP contribution in [0.2, 0.25) is 0 Å². The van der Waals surface area contributed by atoms with Crippen molar-refractivity contribution in [3.8, 4) is 11.8 Å². The summed E-state index contributed by atoms with van der Waals surface area (Å²) >= 11 is 0. The fourth-order valence-corrected chi connectivity index (χ4v) is 3.23. The number of benzene rings is 2. The normalized spacial score (nSPS) is 12.3. The Labute approximate surface area is 136 Å². The molecule has 5 nitrogen and oxygen atoms in total. The maximum absolute atomic E-state index is 12.1. The first-order valence-electron chi connectivity index (χ1n) is 7.16. The second-order valence-corrected chi connectivity index (χ2v) is 6.97. The van der Waals surface area contributed by atoms with Crippen molar-refractivity contribution in [2.24, 2.45) is 0 Å². The molecule has 2 aromatic rings. The zero-order chi connectivity index (χ0) is 16.7. The summed E-state index contributed by atoms with van der Waals surface area (Å²) in [6.45, 7) is 1.97. The second kappa shape index (κ2) is 7.77. The Morgan fingerprint density at radius 3 is 2.61 bits per heavy atom. The third kappa shape index (κ3) is 5.74. The minimum Gasteiger partial charge on any atom is -0.489 e. The highest BCUT2D eigenvalue weighted by atomic mass is 32.2. The van der Waals surface area contributed by atoms with Crippen molar-refractivity contribution in [2.75, 3.05) is 6.54 Å². The number of hydrogen-bond acceptors (Lipinski definition) is 4. The lowest BCUT2D eigenvalue weighted by molar-refractivity contribution is 0.225. The summed E-state index contributed by atoms with van der Waals surface area (Å²) < 4.78 is 32.4. The molecule has 2 aromatic carbocycles. The van der Waals surface area contributed by atoms with Crippen molar-refractivity contribution in [2.45, 2.75) is 18.8 Å². The monoisotopic (exact) mass is 330 g/mol. The second-order valence-electron chi connectivity index (χ2n) is 5.16. The fraction of sp³-hybridized carbons (Fsp3) is 0.235. The minimum atomic E-state index is -3.49. The molecule has 23 heavy (non-hydrogen) atoms. The van der Waals surface area contributed by atoms with Gasteiger partial charge in [0.25, 0.3) is 0 Å². The van der Waals surface area contributed by atoms with E-state index in [0.29, 0.717) is 16.9 Å². The van der Waals surface area contributed by atoms with Gasteiger partial charge in [0.1, 0.15) is 11.9 Å². The van der Waals surface area contributed by atoms with Gasteiger partial charge < -0.3 is 4.74 Å². The van der Waals surface area contributed by atoms with E-state index in [1.54, 1.807) is 31.2 Å². The van der Waals surface area contributed by atoms with E-state index in [4.69, 9.17) is 10.00 Å². The molecule has 0 radical (unpaired) electrons. The molecule has 0 amide bonds. The van der Waals surface area contributed by atoms with E-state index in [1.807, 2.05) is 36.4 Å². The topological polar surface area (TPSA) is 79.2 Å². The molecule has 120 valence electrons. The summed E-state index contributed by atoms with van der Waals surface area (Å²) in [5, 5.41) is 8.85. The van der Waals surface area contributed by atoms with E-state index in [0.717, 1.165) is 0 Å². The Kier molecular flexibility index (Phi) is 5.74. The third-order valence-corrected chi connectivity index (χ3v) is 4.40. The molecule has 0 saturated carbocycles. The van der Waals surface area contributed by atoms with Crippen molar-refractivity contribution in [3.63, 3.8) is 0 Å². The molecule has 0 spiro atoms. The Morgan fingerprint density at radius 1 is 1.17 bits per heavy atom. The average molecular weight is 330 g/mol. The molecule has 1 atom stereocenters. The highest BCUT2D eigenvalue weighted by Crippen LogP contribution is 2.11. The molecular weight excluding hydrogens is 312 g/mol. The van der Waals surface area contributed by atoms with Crippen molar-refractivity contribution < 1.29 is 13.2 Å². The molecule has 0 heterocycles. The van der Waals surface area contributed by atoms with Gasteiger partial charge in [-0.05, 0) is 36.8 Å². The van der Waals surface area contributed by atoms with E-state index >= 15 is 0 Å². The Morgan fingerprint density at radius 2 is 1.91 bits per heavy atom. The number of para-hydroxylation sites is 1. The van der Waals surface area contributed by atoms with E-state index in [9.17, 15) is 8.42 Å². The number of nitriles is 1. The first-order valence-corrected chi connectivity index (χ1v) is 8.82. The lowest BCUT2D eigenvalue weighted by atomic mass is 10.2. The highest BCUT2D eigenvalue weighted by molar-refractivity contribution is 7.88. The van der Waals surface area contributed by atoms with Crippen LogP contribution in [0.5, 0.6) is 5.75 Å². The van der Waals surface area contributed by atoms with Crippen LogP contribution in [0.15, 0.2) is 54.6 Å². The summed E-state index contributed by atoms with van der Waals surface area (Å²) in [7, 11) is -3.49. The van der Waals surface area contributed by atoms with Gasteiger partial charge in [-0.25, -0.2) is 13.1 Å². The van der Waals surface area contributed by atoms with Gasteiger partial charge in [0.2, 0.25) is 10.0 Å². The molecule has 0 bridgehead atoms. The van der Waals surface area contributed by atoms with Crippen LogP contribution < -0.4 is 9.46 Å². The molecule has 0 aliphatic heterocycles. The number of ether oxygens (including phenoxy) is 1. The van der Waals surface area contributed by atoms with Gasteiger partial charge in [-0.3, -0.25) is 0 Å². The lowest BCUT2D eigenvalue weighted by Gasteiger charge is -2.15. The minimum absolute atomic E-state index is 0.166. The van der Waals surface area contributed by atoms with Crippen LogP contribution in [0.4, 0.5) is 0 Å². The standard InChI is InChI=1S/C17H18N2O3S/c1-14(22-17-8-3-2-4-9-17)12-19-23(20,21)13-16-7-5-6-15(10-16)11-18/h2-10,14,19H,12-13H2,1H3/t14-/m1/s1. The van der Waals surface area contributed by atoms with Crippen LogP contribution in [0.1, 0.15) is 18.1 Å². The zero-order valence-corrected chi connectivity index (χ0v) is 13.6. The number of hydrogen-bond donors (Lipinski definition) is 1. The number of rotatable bonds is 7. The zero-order valence-electron chi connectivity index (χ0n) is 12.8. The predicted molar refractivity (Wildman–Crippen MR) is 88.3 cm³/mol. The molecule has 0 aromatic heterocycles. The van der Waals surface area contributed by atoms with Gasteiger partial charge in [0.15, 0.2) is 0 Å². The summed E-state index contributed by atoms with van der Waals surface area (Å²) in [5.41, 5.74) is 1.02. The van der Waals surface area contributed by atoms with E-state index in [1.165, 1.54) is 0 Å². The van der Waals surface area contributed by atoms with Gasteiger partial charge in [-0.2, -0.15) is 5.26 Å². The van der Waals surface area contributed by atoms with Crippen LogP contribution in [0.25, 0.3) is 0 Å². The lowest BCUT2D eigenvalue weighted by Crippen LogP contribution is -2.34. The van der Waals surface area contributed by atoms with Gasteiger partial charge in [-0.15, -0.1) is 0 Å². The first-order chi connectivity index (χ1) is 11.0. The van der Waals surface area contributed by atoms with Crippen LogP contribution in [-0.4, -0.2) is 21.1 Å². The van der Waals surface area contributed by atoms with Crippen molar-refractivity contribution in [3.05, 3.63) is 65.7 Å². The maximum atomic E-state index is 12.1. The fourth-order valence-electron chi connectivity index (χ4n) is 2.02. The number of nitrogens with zero attached hydrogens (tertiary/aromatic N) is 1. The molecule has 2 rings (SSSR count). The summed E-state index contributed by atoms with van der Waals surface area (Å²) in [6.07, 6.45) is -0.294. The highest BCUT2D eigenvalue weighted by Gasteiger charge is 2.14. The SMILES string of the molecule is C[C@H](CNS(=O)(=O)Cc1cccc(C#N)c1)Oc1ccccc1. The quantitative estimate of drug-likeness (QED) is 0.845. The van der Waals surface area contributed by atoms with Gasteiger partial charge in [0, 0.05) is 6.54 Å². The van der Waals surface area contributed by atoms with Gasteiger partial charge >= 0.3 is 0 Å². The summed E-state index contributed by atoms with van der Waals surface area (Å²) in [4.78, 5) is 0. The van der Waals surface area contributed by atoms with Gasteiger partial charge in [0.05, 0.1) is 17.4 Å². The summed E-state index contributed by atoms with van der Waals surface area (Å²) in [5.74, 6) is 0.529. The molecule has 0 unspecified atom stereocenters. The Hall–Kier alpha value is -2.36. The molecule has 0 aliphatic carbocycles. The van der Waals surface area contributed by atoms with Crippen LogP contribution >= 0.6 is 0 Å². The molecule has 0 fully saturated rings. The smallest absolute Gasteiger partial charge is 0.215 e. The Bertz CT molecular complexity index is 783. The van der Waals surface area contributed by atoms with E-state index < -0.39 is 10.0 Å². The van der Waals surface area contributed by atoms with E-state index in [-0.39, 0.29) is 18.4 Å². The predicted octanol–water partition coefficient (Wildman–Crippen LogP) is 2.45. The van der Waals surface area contributed by atoms with E-state index in [2.05, 4.69) is 4.72 Å². The molecular formula is C17H18N2O3S. The average Bonchev–Trinajstić information content (AvgIpc) is 2.54. The molecule has 0 saturated heterocycles. The largest absolute Gasteiger partial charge is 0.489 e. The summed E-state index contributed by atoms with van der Waals surface area (Å²) in [6, 6.07) is 17.8. The number of sulfonamides is 1. The maximum Gasteiger partial charge on any atom is 0.215 e. The molecule has 1 N–H and O–H groups in total.